The fourth-order valence-corrected chi connectivity index (χ4v) is 5.63. The Hall–Kier alpha value is -1.49. The van der Waals surface area contributed by atoms with Crippen molar-refractivity contribution in [2.75, 3.05) is 26.7 Å². The van der Waals surface area contributed by atoms with Crippen LogP contribution in [0.2, 0.25) is 0 Å². The van der Waals surface area contributed by atoms with Gasteiger partial charge in [-0.3, -0.25) is 19.5 Å². The quantitative estimate of drug-likeness (QED) is 0.131. The monoisotopic (exact) mass is 543 g/mol. The number of fused-ring (bicyclic) bond motifs is 5. The molecule has 0 radical (unpaired) electrons. The number of aryl methyl sites for hydroxylation is 2. The van der Waals surface area contributed by atoms with Crippen LogP contribution in [0.25, 0.3) is 0 Å². The summed E-state index contributed by atoms with van der Waals surface area (Å²) in [5, 5.41) is 9.80. The van der Waals surface area contributed by atoms with Gasteiger partial charge in [0.2, 0.25) is 11.8 Å². The van der Waals surface area contributed by atoms with Crippen LogP contribution in [0.3, 0.4) is 0 Å². The Labute approximate surface area is 198 Å². The third-order valence-corrected chi connectivity index (χ3v) is 7.22. The molecule has 1 aromatic rings. The Balaban J connectivity index is 0.00000256. The third kappa shape index (κ3) is 4.71. The minimum Gasteiger partial charge on any atom is -0.356 e. The van der Waals surface area contributed by atoms with Crippen LogP contribution in [0, 0.1) is 30.6 Å². The molecule has 3 aliphatic rings. The molecule has 2 bridgehead atoms. The van der Waals surface area contributed by atoms with Gasteiger partial charge in [0.15, 0.2) is 5.96 Å². The summed E-state index contributed by atoms with van der Waals surface area (Å²) in [6, 6.07) is 0. The van der Waals surface area contributed by atoms with E-state index in [-0.39, 0.29) is 59.5 Å². The van der Waals surface area contributed by atoms with Crippen molar-refractivity contribution < 1.29 is 9.59 Å². The summed E-state index contributed by atoms with van der Waals surface area (Å²) in [7, 11) is 1.73. The zero-order chi connectivity index (χ0) is 20.4. The average molecular weight is 543 g/mol. The number of guanidine groups is 1. The maximum Gasteiger partial charge on any atom is 0.233 e. The first-order valence-electron chi connectivity index (χ1n) is 10.5. The minimum atomic E-state index is -0.114. The van der Waals surface area contributed by atoms with E-state index in [2.05, 4.69) is 38.1 Å². The van der Waals surface area contributed by atoms with Gasteiger partial charge in [-0.15, -0.1) is 35.3 Å². The van der Waals surface area contributed by atoms with Crippen LogP contribution in [0.4, 0.5) is 0 Å². The summed E-state index contributed by atoms with van der Waals surface area (Å²) in [6.07, 6.45) is 8.33. The van der Waals surface area contributed by atoms with Crippen molar-refractivity contribution in [3.63, 3.8) is 0 Å². The number of likely N-dealkylation sites (tertiary alicyclic amines) is 1. The van der Waals surface area contributed by atoms with Crippen molar-refractivity contribution >= 4 is 53.1 Å². The van der Waals surface area contributed by atoms with Crippen LogP contribution in [-0.2, 0) is 16.0 Å². The topological polar surface area (TPSA) is 86.7 Å². The van der Waals surface area contributed by atoms with Gasteiger partial charge < -0.3 is 10.6 Å². The summed E-state index contributed by atoms with van der Waals surface area (Å²) >= 11 is 1.72. The number of amides is 2. The molecule has 4 atom stereocenters. The summed E-state index contributed by atoms with van der Waals surface area (Å²) in [4.78, 5) is 35.5. The molecule has 2 heterocycles. The van der Waals surface area contributed by atoms with Crippen LogP contribution >= 0.6 is 35.3 Å². The fourth-order valence-electron chi connectivity index (χ4n) is 4.82. The molecule has 2 fully saturated rings. The van der Waals surface area contributed by atoms with Gasteiger partial charge in [0.1, 0.15) is 0 Å². The predicted octanol–water partition coefficient (Wildman–Crippen LogP) is 2.36. The highest BCUT2D eigenvalue weighted by molar-refractivity contribution is 14.0. The number of rotatable bonds is 8. The van der Waals surface area contributed by atoms with Gasteiger partial charge in [-0.25, -0.2) is 4.98 Å². The summed E-state index contributed by atoms with van der Waals surface area (Å²) in [5.41, 5.74) is 1.09. The number of carbonyl (C=O) groups excluding carboxylic acids is 2. The van der Waals surface area contributed by atoms with E-state index in [4.69, 9.17) is 0 Å². The van der Waals surface area contributed by atoms with Crippen molar-refractivity contribution in [2.45, 2.75) is 32.6 Å². The van der Waals surface area contributed by atoms with E-state index < -0.39 is 0 Å². The van der Waals surface area contributed by atoms with Crippen molar-refractivity contribution in [3.05, 3.63) is 28.2 Å². The lowest BCUT2D eigenvalue weighted by Crippen LogP contribution is -2.43. The lowest BCUT2D eigenvalue weighted by atomic mass is 9.85. The summed E-state index contributed by atoms with van der Waals surface area (Å²) in [6.45, 7) is 3.75. The van der Waals surface area contributed by atoms with Crippen molar-refractivity contribution in [1.29, 1.82) is 0 Å². The number of imide groups is 1. The molecule has 2 aliphatic carbocycles. The molecule has 1 saturated carbocycles. The number of hydrogen-bond acceptors (Lipinski definition) is 5. The standard InChI is InChI=1S/C21H29N5O2S.HI/c1-13-12-29-16(25-13)5-3-4-8-23-21(22-2)24-9-10-26-19(27)17-14-6-7-15(11-14)18(17)20(26)28;/h6-7,12,14-15,17-18H,3-5,8-11H2,1-2H3,(H2,22,23,24);1H. The van der Waals surface area contributed by atoms with Gasteiger partial charge >= 0.3 is 0 Å². The predicted molar refractivity (Wildman–Crippen MR) is 129 cm³/mol. The number of allylic oxidation sites excluding steroid dienone is 2. The molecule has 9 heteroatoms. The molecule has 7 nitrogen and oxygen atoms in total. The number of halogens is 1. The molecular weight excluding hydrogens is 513 g/mol. The van der Waals surface area contributed by atoms with E-state index in [1.165, 1.54) is 9.91 Å². The second-order valence-corrected chi connectivity index (χ2v) is 9.04. The first-order valence-corrected chi connectivity index (χ1v) is 11.4. The fraction of sp³-hybridized carbons (Fsp3) is 0.619. The molecular formula is C21H30IN5O2S. The second-order valence-electron chi connectivity index (χ2n) is 8.09. The van der Waals surface area contributed by atoms with E-state index >= 15 is 0 Å². The number of aromatic nitrogens is 1. The smallest absolute Gasteiger partial charge is 0.233 e. The zero-order valence-electron chi connectivity index (χ0n) is 17.5. The molecule has 164 valence electrons. The maximum atomic E-state index is 12.7. The largest absolute Gasteiger partial charge is 0.356 e. The van der Waals surface area contributed by atoms with Gasteiger partial charge in [-0.2, -0.15) is 0 Å². The Morgan fingerprint density at radius 1 is 1.17 bits per heavy atom. The second kappa shape index (κ2) is 10.2. The molecule has 0 spiro atoms. The van der Waals surface area contributed by atoms with Crippen LogP contribution in [0.15, 0.2) is 22.5 Å². The lowest BCUT2D eigenvalue weighted by Gasteiger charge is -2.18. The number of aliphatic imine (C=N–C) groups is 1. The van der Waals surface area contributed by atoms with Crippen molar-refractivity contribution in [1.82, 2.24) is 20.5 Å². The average Bonchev–Trinajstić information content (AvgIpc) is 3.47. The number of unbranched alkanes of at least 4 members (excludes halogenated alkanes) is 1. The number of hydrogen-bond donors (Lipinski definition) is 2. The van der Waals surface area contributed by atoms with E-state index in [1.54, 1.807) is 18.4 Å². The highest BCUT2D eigenvalue weighted by atomic mass is 127. The molecule has 1 aliphatic heterocycles. The SMILES string of the molecule is CN=C(NCCCCc1nc(C)cs1)NCCN1C(=O)C2C3C=CC(C3)C2C1=O.I. The first-order chi connectivity index (χ1) is 14.1. The van der Waals surface area contributed by atoms with Gasteiger partial charge in [0.05, 0.1) is 16.8 Å². The minimum absolute atomic E-state index is 0. The number of nitrogens with one attached hydrogen (secondary N) is 2. The van der Waals surface area contributed by atoms with Gasteiger partial charge in [0, 0.05) is 37.8 Å². The highest BCUT2D eigenvalue weighted by Gasteiger charge is 2.58. The van der Waals surface area contributed by atoms with Crippen LogP contribution in [0.5, 0.6) is 0 Å². The summed E-state index contributed by atoms with van der Waals surface area (Å²) in [5.74, 6) is 1.03. The molecule has 1 saturated heterocycles. The first kappa shape index (κ1) is 23.2. The summed E-state index contributed by atoms with van der Waals surface area (Å²) < 4.78 is 0. The van der Waals surface area contributed by atoms with Crippen LogP contribution in [-0.4, -0.2) is 54.3 Å². The third-order valence-electron chi connectivity index (χ3n) is 6.19. The Bertz CT molecular complexity index is 809. The lowest BCUT2D eigenvalue weighted by molar-refractivity contribution is -0.140. The molecule has 2 N–H and O–H groups in total. The Kier molecular flexibility index (Phi) is 7.89. The van der Waals surface area contributed by atoms with E-state index in [0.29, 0.717) is 19.0 Å². The van der Waals surface area contributed by atoms with Crippen LogP contribution < -0.4 is 10.6 Å². The highest BCUT2D eigenvalue weighted by Crippen LogP contribution is 2.52. The number of carbonyl (C=O) groups is 2. The molecule has 0 aromatic carbocycles. The van der Waals surface area contributed by atoms with Crippen LogP contribution in [0.1, 0.15) is 30.0 Å². The number of thiazole rings is 1. The van der Waals surface area contributed by atoms with Crippen molar-refractivity contribution in [2.24, 2.45) is 28.7 Å². The maximum absolute atomic E-state index is 12.7. The Morgan fingerprint density at radius 3 is 2.43 bits per heavy atom. The van der Waals surface area contributed by atoms with E-state index in [9.17, 15) is 9.59 Å². The van der Waals surface area contributed by atoms with E-state index in [1.807, 2.05) is 6.92 Å². The molecule has 30 heavy (non-hydrogen) atoms. The van der Waals surface area contributed by atoms with Crippen molar-refractivity contribution in [3.8, 4) is 0 Å². The number of nitrogens with zero attached hydrogens (tertiary/aromatic N) is 3. The van der Waals surface area contributed by atoms with Gasteiger partial charge in [0.25, 0.3) is 0 Å². The van der Waals surface area contributed by atoms with Gasteiger partial charge in [-0.05, 0) is 44.4 Å². The molecule has 1 aromatic heterocycles. The Morgan fingerprint density at radius 2 is 1.83 bits per heavy atom. The van der Waals surface area contributed by atoms with Gasteiger partial charge in [-0.1, -0.05) is 12.2 Å². The normalized spacial score (nSPS) is 26.9. The molecule has 2 amide bonds. The molecule has 4 unspecified atom stereocenters. The molecule has 4 rings (SSSR count). The van der Waals surface area contributed by atoms with E-state index in [0.717, 1.165) is 37.9 Å². The zero-order valence-corrected chi connectivity index (χ0v) is 20.6.